The summed E-state index contributed by atoms with van der Waals surface area (Å²) in [5, 5.41) is 7.92. The number of amides is 2. The normalized spacial score (nSPS) is 18.1. The first-order valence-electron chi connectivity index (χ1n) is 15.8. The zero-order chi connectivity index (χ0) is 31.3. The molecule has 1 atom stereocenters. The first-order chi connectivity index (χ1) is 21.5. The highest BCUT2D eigenvalue weighted by Crippen LogP contribution is 2.32. The van der Waals surface area contributed by atoms with Crippen LogP contribution in [0.25, 0.3) is 16.0 Å². The molecule has 6 rings (SSSR count). The number of hydrogen-bond donors (Lipinski definition) is 4. The van der Waals surface area contributed by atoms with Gasteiger partial charge in [-0.05, 0) is 104 Å². The van der Waals surface area contributed by atoms with Gasteiger partial charge in [0.2, 0.25) is 5.91 Å². The van der Waals surface area contributed by atoms with Gasteiger partial charge < -0.3 is 31.6 Å². The van der Waals surface area contributed by atoms with Gasteiger partial charge >= 0.3 is 0 Å². The summed E-state index contributed by atoms with van der Waals surface area (Å²) in [5.74, 6) is -0.0141. The van der Waals surface area contributed by atoms with Crippen LogP contribution < -0.4 is 22.1 Å². The number of carbonyl (C=O) groups excluding carboxylic acids is 2. The number of allylic oxidation sites excluding steroid dienone is 2. The predicted octanol–water partition coefficient (Wildman–Crippen LogP) is 7.73. The zero-order valence-electron chi connectivity index (χ0n) is 25.9. The van der Waals surface area contributed by atoms with Crippen molar-refractivity contribution in [2.45, 2.75) is 71.3 Å². The monoisotopic (exact) mass is 618 g/mol. The second-order valence-electron chi connectivity index (χ2n) is 10.9. The van der Waals surface area contributed by atoms with Crippen LogP contribution in [0, 0.1) is 5.92 Å². The smallest absolute Gasteiger partial charge is 0.253 e. The molecule has 2 saturated heterocycles. The Balaban J connectivity index is 0.000000190. The molecule has 2 aliphatic heterocycles. The molecule has 8 nitrogen and oxygen atoms in total. The van der Waals surface area contributed by atoms with E-state index in [9.17, 15) is 9.59 Å². The average molecular weight is 619 g/mol. The Labute approximate surface area is 265 Å². The Morgan fingerprint density at radius 1 is 0.818 bits per heavy atom. The fourth-order valence-electron chi connectivity index (χ4n) is 5.41. The largest absolute Gasteiger partial charge is 0.397 e. The molecule has 0 bridgehead atoms. The van der Waals surface area contributed by atoms with Crippen LogP contribution in [-0.4, -0.2) is 37.7 Å². The van der Waals surface area contributed by atoms with Gasteiger partial charge in [0.25, 0.3) is 5.91 Å². The first-order valence-corrected chi connectivity index (χ1v) is 16.7. The van der Waals surface area contributed by atoms with Crippen LogP contribution in [0.15, 0.2) is 60.0 Å². The molecule has 236 valence electrons. The highest BCUT2D eigenvalue weighted by Gasteiger charge is 2.23. The minimum atomic E-state index is -0.358. The highest BCUT2D eigenvalue weighted by molar-refractivity contribution is 7.13. The van der Waals surface area contributed by atoms with E-state index in [0.717, 1.165) is 61.1 Å². The van der Waals surface area contributed by atoms with E-state index >= 15 is 0 Å². The van der Waals surface area contributed by atoms with Crippen molar-refractivity contribution in [2.24, 2.45) is 5.92 Å². The second kappa shape index (κ2) is 17.0. The molecule has 0 saturated carbocycles. The summed E-state index contributed by atoms with van der Waals surface area (Å²) in [6.07, 6.45) is 9.79. The first kappa shape index (κ1) is 33.2. The van der Waals surface area contributed by atoms with Crippen LogP contribution >= 0.6 is 11.3 Å². The molecule has 6 N–H and O–H groups in total. The van der Waals surface area contributed by atoms with E-state index in [1.54, 1.807) is 11.3 Å². The number of nitrogens with one attached hydrogen (secondary N) is 2. The van der Waals surface area contributed by atoms with E-state index in [1.165, 1.54) is 17.6 Å². The number of anilines is 4. The molecule has 3 aliphatic rings. The summed E-state index contributed by atoms with van der Waals surface area (Å²) in [4.78, 5) is 25.7. The lowest BCUT2D eigenvalue weighted by molar-refractivity contribution is -0.130. The number of hydrogen-bond acceptors (Lipinski definition) is 7. The minimum absolute atomic E-state index is 0.0347. The number of nitrogen functional groups attached to an aromatic ring is 2. The van der Waals surface area contributed by atoms with Crippen molar-refractivity contribution in [3.05, 3.63) is 65.6 Å². The molecular formula is C35H46N4O4S. The number of rotatable bonds is 6. The fourth-order valence-corrected chi connectivity index (χ4v) is 6.14. The van der Waals surface area contributed by atoms with Crippen molar-refractivity contribution in [1.82, 2.24) is 0 Å². The molecule has 0 radical (unpaired) electrons. The average Bonchev–Trinajstić information content (AvgIpc) is 3.81. The van der Waals surface area contributed by atoms with Crippen molar-refractivity contribution in [3.63, 3.8) is 0 Å². The Morgan fingerprint density at radius 2 is 1.50 bits per heavy atom. The van der Waals surface area contributed by atoms with E-state index in [0.29, 0.717) is 36.9 Å². The molecule has 2 fully saturated rings. The number of thiophene rings is 1. The molecule has 44 heavy (non-hydrogen) atoms. The number of nitrogens with two attached hydrogens (primary N) is 2. The lowest BCUT2D eigenvalue weighted by Gasteiger charge is -2.22. The molecule has 9 heteroatoms. The topological polar surface area (TPSA) is 129 Å². The number of ether oxygens (including phenoxy) is 2. The summed E-state index contributed by atoms with van der Waals surface area (Å²) in [7, 11) is 0. The van der Waals surface area contributed by atoms with Gasteiger partial charge in [-0.1, -0.05) is 38.1 Å². The highest BCUT2D eigenvalue weighted by atomic mass is 32.1. The SMILES string of the molecule is CC.Nc1ccc(-c2cccs2)cc1NC(=O)C1CCCCO1.Nc1ccc(C2=CCCC2)cc1NC(=O)C1CCOCC1. The zero-order valence-corrected chi connectivity index (χ0v) is 26.7. The molecule has 0 spiro atoms. The van der Waals surface area contributed by atoms with Gasteiger partial charge in [0.15, 0.2) is 0 Å². The number of benzene rings is 2. The molecule has 2 amide bonds. The van der Waals surface area contributed by atoms with E-state index in [4.69, 9.17) is 20.9 Å². The number of carbonyl (C=O) groups is 2. The van der Waals surface area contributed by atoms with Crippen LogP contribution in [0.4, 0.5) is 22.7 Å². The molecule has 1 aromatic heterocycles. The Bertz CT molecular complexity index is 1390. The third-order valence-corrected chi connectivity index (χ3v) is 8.82. The molecule has 2 aromatic carbocycles. The summed E-state index contributed by atoms with van der Waals surface area (Å²) in [5.41, 5.74) is 18.1. The van der Waals surface area contributed by atoms with E-state index in [2.05, 4.69) is 16.7 Å². The summed E-state index contributed by atoms with van der Waals surface area (Å²) < 4.78 is 10.8. The van der Waals surface area contributed by atoms with Crippen LogP contribution in [0.2, 0.25) is 0 Å². The van der Waals surface area contributed by atoms with Gasteiger partial charge in [-0.2, -0.15) is 0 Å². The van der Waals surface area contributed by atoms with Gasteiger partial charge in [-0.25, -0.2) is 0 Å². The Kier molecular flexibility index (Phi) is 12.8. The van der Waals surface area contributed by atoms with E-state index in [-0.39, 0.29) is 23.8 Å². The van der Waals surface area contributed by atoms with Crippen LogP contribution in [0.3, 0.4) is 0 Å². The third kappa shape index (κ3) is 9.17. The lowest BCUT2D eigenvalue weighted by atomic mass is 9.99. The summed E-state index contributed by atoms with van der Waals surface area (Å²) >= 11 is 1.66. The van der Waals surface area contributed by atoms with Crippen molar-refractivity contribution in [1.29, 1.82) is 0 Å². The third-order valence-electron chi connectivity index (χ3n) is 7.90. The van der Waals surface area contributed by atoms with Crippen LogP contribution in [-0.2, 0) is 19.1 Å². The molecule has 1 aliphatic carbocycles. The van der Waals surface area contributed by atoms with Gasteiger partial charge in [0, 0.05) is 30.6 Å². The van der Waals surface area contributed by atoms with Crippen molar-refractivity contribution < 1.29 is 19.1 Å². The molecule has 3 aromatic rings. The van der Waals surface area contributed by atoms with Crippen molar-refractivity contribution in [3.8, 4) is 10.4 Å². The Hall–Kier alpha value is -3.66. The maximum absolute atomic E-state index is 12.3. The van der Waals surface area contributed by atoms with Crippen molar-refractivity contribution >= 4 is 51.5 Å². The van der Waals surface area contributed by atoms with Gasteiger partial charge in [-0.3, -0.25) is 9.59 Å². The maximum atomic E-state index is 12.3. The summed E-state index contributed by atoms with van der Waals surface area (Å²) in [6, 6.07) is 15.7. The van der Waals surface area contributed by atoms with Gasteiger partial charge in [0.1, 0.15) is 6.10 Å². The maximum Gasteiger partial charge on any atom is 0.253 e. The molecular weight excluding hydrogens is 572 g/mol. The van der Waals surface area contributed by atoms with Gasteiger partial charge in [0.05, 0.1) is 22.7 Å². The van der Waals surface area contributed by atoms with Crippen LogP contribution in [0.1, 0.15) is 70.8 Å². The van der Waals surface area contributed by atoms with Gasteiger partial charge in [-0.15, -0.1) is 11.3 Å². The lowest BCUT2D eigenvalue weighted by Crippen LogP contribution is -2.33. The Morgan fingerprint density at radius 3 is 2.11 bits per heavy atom. The minimum Gasteiger partial charge on any atom is -0.397 e. The second-order valence-corrected chi connectivity index (χ2v) is 11.9. The quantitative estimate of drug-likeness (QED) is 0.209. The fraction of sp³-hybridized carbons (Fsp3) is 0.429. The molecule has 3 heterocycles. The summed E-state index contributed by atoms with van der Waals surface area (Å²) in [6.45, 7) is 5.99. The standard InChI is InChI=1S/C17H22N2O2.C16H18N2O2S.C2H6/c18-15-6-5-14(12-3-1-2-4-12)11-16(15)19-17(20)13-7-9-21-10-8-13;17-12-7-6-11(15-5-3-9-21-15)10-13(12)18-16(19)14-4-1-2-8-20-14;1-2/h3,5-6,11,13H,1-2,4,7-10,18H2,(H,19,20);3,5-7,9-10,14H,1-2,4,8,17H2,(H,18,19);1-2H3. The van der Waals surface area contributed by atoms with Crippen molar-refractivity contribution in [2.75, 3.05) is 41.9 Å². The predicted molar refractivity (Wildman–Crippen MR) is 183 cm³/mol. The van der Waals surface area contributed by atoms with E-state index < -0.39 is 0 Å². The van der Waals surface area contributed by atoms with E-state index in [1.807, 2.05) is 67.8 Å². The van der Waals surface area contributed by atoms with Crippen LogP contribution in [0.5, 0.6) is 0 Å². The molecule has 1 unspecified atom stereocenters.